The molecular weight excluding hydrogens is 719 g/mol. The summed E-state index contributed by atoms with van der Waals surface area (Å²) >= 11 is 2.06. The van der Waals surface area contributed by atoms with Crippen molar-refractivity contribution in [3.63, 3.8) is 0 Å². The molecule has 0 saturated heterocycles. The summed E-state index contributed by atoms with van der Waals surface area (Å²) in [5, 5.41) is 0. The zero-order chi connectivity index (χ0) is 40.0. The van der Waals surface area contributed by atoms with Crippen LogP contribution in [0.25, 0.3) is 11.1 Å². The van der Waals surface area contributed by atoms with Crippen molar-refractivity contribution in [3.05, 3.63) is 137 Å². The molecule has 298 valence electrons. The largest absolute Gasteiger partial charge is 0.310 e. The van der Waals surface area contributed by atoms with Gasteiger partial charge < -0.3 is 4.90 Å². The monoisotopic (exact) mass is 781 g/mol. The number of anilines is 3. The lowest BCUT2D eigenvalue weighted by Gasteiger charge is -2.63. The molecule has 2 heteroatoms. The third-order valence-electron chi connectivity index (χ3n) is 17.0. The Morgan fingerprint density at radius 1 is 0.448 bits per heavy atom. The molecule has 4 bridgehead atoms. The molecule has 5 aromatic carbocycles. The lowest BCUT2D eigenvalue weighted by atomic mass is 9.42. The molecule has 0 aromatic heterocycles. The summed E-state index contributed by atoms with van der Waals surface area (Å²) in [4.78, 5) is 5.73. The second kappa shape index (κ2) is 12.6. The van der Waals surface area contributed by atoms with Crippen LogP contribution in [-0.4, -0.2) is 0 Å². The van der Waals surface area contributed by atoms with Crippen molar-refractivity contribution in [2.24, 2.45) is 23.7 Å². The van der Waals surface area contributed by atoms with E-state index in [4.69, 9.17) is 0 Å². The molecule has 0 amide bonds. The van der Waals surface area contributed by atoms with Crippen LogP contribution in [0.3, 0.4) is 0 Å². The van der Waals surface area contributed by atoms with Gasteiger partial charge in [0.1, 0.15) is 0 Å². The van der Waals surface area contributed by atoms with Crippen molar-refractivity contribution in [2.75, 3.05) is 4.90 Å². The maximum absolute atomic E-state index is 2.75. The molecule has 1 heterocycles. The second-order valence-corrected chi connectivity index (χ2v) is 23.4. The molecule has 12 rings (SSSR count). The summed E-state index contributed by atoms with van der Waals surface area (Å²) in [6.45, 7) is 20.0. The van der Waals surface area contributed by atoms with Crippen LogP contribution in [0.5, 0.6) is 0 Å². The average Bonchev–Trinajstić information content (AvgIpc) is 3.20. The van der Waals surface area contributed by atoms with E-state index in [2.05, 4.69) is 175 Å². The Labute approximate surface area is 353 Å². The van der Waals surface area contributed by atoms with E-state index in [1.807, 2.05) is 0 Å². The van der Waals surface area contributed by atoms with Gasteiger partial charge in [-0.2, -0.15) is 0 Å². The van der Waals surface area contributed by atoms with Crippen molar-refractivity contribution >= 4 is 28.8 Å². The number of nitrogens with zero attached hydrogens (tertiary/aromatic N) is 1. The van der Waals surface area contributed by atoms with Gasteiger partial charge >= 0.3 is 0 Å². The zero-order valence-electron chi connectivity index (χ0n) is 36.3. The summed E-state index contributed by atoms with van der Waals surface area (Å²) < 4.78 is 0. The summed E-state index contributed by atoms with van der Waals surface area (Å²) in [5.41, 5.74) is 16.6. The Balaban J connectivity index is 1.16. The lowest BCUT2D eigenvalue weighted by Crippen LogP contribution is -2.57. The quantitative estimate of drug-likeness (QED) is 0.179. The molecule has 1 aliphatic heterocycles. The predicted molar refractivity (Wildman–Crippen MR) is 246 cm³/mol. The van der Waals surface area contributed by atoms with Crippen molar-refractivity contribution in [1.29, 1.82) is 0 Å². The maximum Gasteiger partial charge on any atom is 0.0502 e. The molecule has 4 fully saturated rings. The highest BCUT2D eigenvalue weighted by molar-refractivity contribution is 7.99. The fourth-order valence-electron chi connectivity index (χ4n) is 14.1. The van der Waals surface area contributed by atoms with Gasteiger partial charge in [-0.25, -0.2) is 0 Å². The van der Waals surface area contributed by atoms with Gasteiger partial charge in [-0.15, -0.1) is 0 Å². The van der Waals surface area contributed by atoms with E-state index in [0.717, 1.165) is 11.8 Å². The van der Waals surface area contributed by atoms with Crippen LogP contribution in [0.15, 0.2) is 113 Å². The van der Waals surface area contributed by atoms with Crippen LogP contribution < -0.4 is 4.90 Å². The minimum Gasteiger partial charge on any atom is -0.310 e. The van der Waals surface area contributed by atoms with Crippen molar-refractivity contribution < 1.29 is 0 Å². The van der Waals surface area contributed by atoms with E-state index >= 15 is 0 Å². The first-order chi connectivity index (χ1) is 27.7. The Morgan fingerprint density at radius 3 is 1.57 bits per heavy atom. The molecule has 1 spiro atoms. The topological polar surface area (TPSA) is 3.24 Å². The predicted octanol–water partition coefficient (Wildman–Crippen LogP) is 15.7. The van der Waals surface area contributed by atoms with Crippen molar-refractivity contribution in [1.82, 2.24) is 0 Å². The molecule has 0 radical (unpaired) electrons. The SMILES string of the molecule is CC1(C)CCC(C)(C)c2c(N(c3ccc4c(c3)Sc3ccc(-c5ccccc5)cc3C43C4CC5CC(C4)CC3C5)c3cccc4c3C(C)(C)CCC4(C)C)cccc21. The summed E-state index contributed by atoms with van der Waals surface area (Å²) in [7, 11) is 0. The van der Waals surface area contributed by atoms with E-state index in [0.29, 0.717) is 11.8 Å². The molecule has 0 unspecified atom stereocenters. The first kappa shape index (κ1) is 37.3. The molecule has 0 N–H and O–H groups in total. The minimum absolute atomic E-state index is 0.0616. The van der Waals surface area contributed by atoms with E-state index in [1.165, 1.54) is 107 Å². The van der Waals surface area contributed by atoms with E-state index in [9.17, 15) is 0 Å². The molecule has 6 aliphatic carbocycles. The van der Waals surface area contributed by atoms with Crippen molar-refractivity contribution in [3.8, 4) is 11.1 Å². The number of hydrogen-bond donors (Lipinski definition) is 0. The van der Waals surface area contributed by atoms with Crippen LogP contribution in [0.2, 0.25) is 0 Å². The molecule has 0 atom stereocenters. The van der Waals surface area contributed by atoms with Gasteiger partial charge in [-0.05, 0) is 184 Å². The average molecular weight is 782 g/mol. The fourth-order valence-corrected chi connectivity index (χ4v) is 15.3. The molecule has 58 heavy (non-hydrogen) atoms. The van der Waals surface area contributed by atoms with Crippen LogP contribution in [0, 0.1) is 23.7 Å². The highest BCUT2D eigenvalue weighted by atomic mass is 32.2. The number of fused-ring (bicyclic) bond motifs is 4. The van der Waals surface area contributed by atoms with Crippen LogP contribution in [-0.2, 0) is 27.1 Å². The minimum atomic E-state index is 0.0616. The molecule has 1 nitrogen and oxygen atoms in total. The van der Waals surface area contributed by atoms with Crippen molar-refractivity contribution in [2.45, 2.75) is 150 Å². The van der Waals surface area contributed by atoms with Gasteiger partial charge in [0.2, 0.25) is 0 Å². The zero-order valence-corrected chi connectivity index (χ0v) is 37.2. The maximum atomic E-state index is 2.75. The summed E-state index contributed by atoms with van der Waals surface area (Å²) in [5.74, 6) is 3.25. The third kappa shape index (κ3) is 5.34. The Morgan fingerprint density at radius 2 is 1.00 bits per heavy atom. The Bertz CT molecular complexity index is 2350. The Hall–Kier alpha value is -3.75. The van der Waals surface area contributed by atoms with E-state index < -0.39 is 0 Å². The molecule has 4 saturated carbocycles. The normalized spacial score (nSPS) is 28.6. The van der Waals surface area contributed by atoms with Gasteiger partial charge in [-0.3, -0.25) is 0 Å². The first-order valence-corrected chi connectivity index (χ1v) is 23.6. The van der Waals surface area contributed by atoms with E-state index in [1.54, 1.807) is 22.3 Å². The first-order valence-electron chi connectivity index (χ1n) is 22.8. The van der Waals surface area contributed by atoms with Gasteiger partial charge in [0, 0.05) is 20.9 Å². The van der Waals surface area contributed by atoms with Gasteiger partial charge in [0.15, 0.2) is 0 Å². The lowest BCUT2D eigenvalue weighted by molar-refractivity contribution is -0.0443. The summed E-state index contributed by atoms with van der Waals surface area (Å²) in [6.07, 6.45) is 11.8. The molecule has 7 aliphatic rings. The van der Waals surface area contributed by atoms with E-state index in [-0.39, 0.29) is 27.1 Å². The fraction of sp³-hybridized carbons (Fsp3) is 0.464. The smallest absolute Gasteiger partial charge is 0.0502 e. The third-order valence-corrected chi connectivity index (χ3v) is 18.1. The number of rotatable bonds is 4. The van der Waals surface area contributed by atoms with Gasteiger partial charge in [-0.1, -0.05) is 134 Å². The highest BCUT2D eigenvalue weighted by Gasteiger charge is 2.61. The Kier molecular flexibility index (Phi) is 8.12. The van der Waals surface area contributed by atoms with Gasteiger partial charge in [0.25, 0.3) is 0 Å². The van der Waals surface area contributed by atoms with Crippen LogP contribution in [0.1, 0.15) is 147 Å². The van der Waals surface area contributed by atoms with Crippen LogP contribution in [0.4, 0.5) is 17.1 Å². The van der Waals surface area contributed by atoms with Gasteiger partial charge in [0.05, 0.1) is 11.4 Å². The standard InChI is InChI=1S/C56H63NS/c1-52(2)24-26-54(5,6)50-43(52)16-12-18-46(50)57(47-19-13-17-44-51(47)55(7,8)27-25-53(44,3)4)41-21-22-42-49(34-41)58-48-23-20-38(37-14-10-9-11-15-37)33-45(48)56(42)39-29-35-28-36(31-39)32-40(56)30-35/h9-23,33-36,39-40H,24-32H2,1-8H3. The number of benzene rings is 5. The number of hydrogen-bond acceptors (Lipinski definition) is 2. The molecule has 5 aromatic rings. The van der Waals surface area contributed by atoms with Crippen LogP contribution >= 0.6 is 11.8 Å². The highest BCUT2D eigenvalue weighted by Crippen LogP contribution is 2.69. The summed E-state index contributed by atoms with van der Waals surface area (Å²) in [6, 6.07) is 41.1. The molecular formula is C56H63NS. The second-order valence-electron chi connectivity index (χ2n) is 22.3.